The number of hydrogen-bond acceptors (Lipinski definition) is 8. The molecule has 1 saturated heterocycles. The maximum absolute atomic E-state index is 12.9. The van der Waals surface area contributed by atoms with Crippen LogP contribution in [0.1, 0.15) is 69.3 Å². The Morgan fingerprint density at radius 1 is 1.16 bits per heavy atom. The summed E-state index contributed by atoms with van der Waals surface area (Å²) in [6, 6.07) is -0.483. The van der Waals surface area contributed by atoms with E-state index in [2.05, 4.69) is 5.10 Å². The first kappa shape index (κ1) is 25.4. The Hall–Kier alpha value is -1.89. The fourth-order valence-corrected chi connectivity index (χ4v) is 3.99. The second-order valence-corrected chi connectivity index (χ2v) is 9.42. The van der Waals surface area contributed by atoms with Gasteiger partial charge in [0.1, 0.15) is 20.6 Å². The minimum Gasteiger partial charge on any atom is -0.462 e. The Kier molecular flexibility index (Phi) is 7.95. The smallest absolute Gasteiger partial charge is 0.412 e. The van der Waals surface area contributed by atoms with E-state index in [1.165, 1.54) is 9.58 Å². The predicted molar refractivity (Wildman–Crippen MR) is 119 cm³/mol. The van der Waals surface area contributed by atoms with Gasteiger partial charge in [0.2, 0.25) is 0 Å². The van der Waals surface area contributed by atoms with Crippen LogP contribution in [-0.4, -0.2) is 69.9 Å². The van der Waals surface area contributed by atoms with Crippen molar-refractivity contribution in [2.45, 2.75) is 72.4 Å². The van der Waals surface area contributed by atoms with E-state index in [9.17, 15) is 14.4 Å². The minimum absolute atomic E-state index is 0.0152. The lowest BCUT2D eigenvalue weighted by molar-refractivity contribution is -0.0630. The van der Waals surface area contributed by atoms with Crippen molar-refractivity contribution in [1.29, 1.82) is 0 Å². The van der Waals surface area contributed by atoms with E-state index in [1.807, 2.05) is 22.6 Å². The Labute approximate surface area is 195 Å². The SMILES string of the molecule is CCOC(=O)c1c(I)nn(CC2COC(C)(C)N2C(=O)OC(C)(C)C)c1C(=O)OCC. The van der Waals surface area contributed by atoms with Gasteiger partial charge >= 0.3 is 18.0 Å². The van der Waals surface area contributed by atoms with Crippen LogP contribution in [0.25, 0.3) is 0 Å². The molecule has 1 aromatic heterocycles. The molecular formula is C20H30IN3O7. The van der Waals surface area contributed by atoms with Crippen molar-refractivity contribution in [3.8, 4) is 0 Å². The number of rotatable bonds is 6. The quantitative estimate of drug-likeness (QED) is 0.301. The van der Waals surface area contributed by atoms with Crippen molar-refractivity contribution in [1.82, 2.24) is 14.7 Å². The van der Waals surface area contributed by atoms with Gasteiger partial charge in [0, 0.05) is 0 Å². The second kappa shape index (κ2) is 9.72. The average Bonchev–Trinajstić information content (AvgIpc) is 3.09. The molecule has 11 heteroatoms. The zero-order chi connectivity index (χ0) is 23.6. The zero-order valence-corrected chi connectivity index (χ0v) is 21.1. The van der Waals surface area contributed by atoms with Gasteiger partial charge in [-0.25, -0.2) is 14.4 Å². The molecule has 0 N–H and O–H groups in total. The monoisotopic (exact) mass is 551 g/mol. The van der Waals surface area contributed by atoms with Gasteiger partial charge in [-0.05, 0) is 71.1 Å². The number of hydrogen-bond donors (Lipinski definition) is 0. The van der Waals surface area contributed by atoms with Crippen LogP contribution in [0.15, 0.2) is 0 Å². The standard InChI is InChI=1S/C20H30IN3O7/c1-8-28-16(25)13-14(17(26)29-9-2)23(22-15(13)21)10-12-11-30-20(6,7)24(12)18(27)31-19(3,4)5/h12H,8-11H2,1-7H3. The topological polar surface area (TPSA) is 109 Å². The van der Waals surface area contributed by atoms with Crippen LogP contribution in [0.5, 0.6) is 0 Å². The number of ether oxygens (including phenoxy) is 4. The lowest BCUT2D eigenvalue weighted by atomic mass is 10.2. The van der Waals surface area contributed by atoms with Crippen molar-refractivity contribution >= 4 is 40.6 Å². The van der Waals surface area contributed by atoms with E-state index >= 15 is 0 Å². The molecule has 0 aliphatic carbocycles. The van der Waals surface area contributed by atoms with Crippen LogP contribution >= 0.6 is 22.6 Å². The normalized spacial score (nSPS) is 18.1. The number of amides is 1. The summed E-state index contributed by atoms with van der Waals surface area (Å²) >= 11 is 1.88. The van der Waals surface area contributed by atoms with E-state index in [0.29, 0.717) is 3.70 Å². The summed E-state index contributed by atoms with van der Waals surface area (Å²) in [4.78, 5) is 39.5. The van der Waals surface area contributed by atoms with Crippen molar-refractivity contribution in [2.75, 3.05) is 19.8 Å². The summed E-state index contributed by atoms with van der Waals surface area (Å²) in [6.07, 6.45) is -0.537. The molecule has 1 aliphatic rings. The van der Waals surface area contributed by atoms with Crippen LogP contribution in [0.2, 0.25) is 0 Å². The van der Waals surface area contributed by atoms with E-state index in [-0.39, 0.29) is 37.6 Å². The molecule has 174 valence electrons. The highest BCUT2D eigenvalue weighted by molar-refractivity contribution is 14.1. The van der Waals surface area contributed by atoms with E-state index in [4.69, 9.17) is 18.9 Å². The number of aromatic nitrogens is 2. The molecule has 1 amide bonds. The first-order chi connectivity index (χ1) is 14.3. The molecule has 31 heavy (non-hydrogen) atoms. The molecule has 1 fully saturated rings. The molecule has 0 aromatic carbocycles. The summed E-state index contributed by atoms with van der Waals surface area (Å²) in [6.45, 7) is 12.8. The molecule has 1 atom stereocenters. The van der Waals surface area contributed by atoms with Gasteiger partial charge in [-0.2, -0.15) is 5.10 Å². The van der Waals surface area contributed by atoms with Gasteiger partial charge in [0.15, 0.2) is 5.69 Å². The molecule has 10 nitrogen and oxygen atoms in total. The highest BCUT2D eigenvalue weighted by Gasteiger charge is 2.46. The lowest BCUT2D eigenvalue weighted by Gasteiger charge is -2.35. The predicted octanol–water partition coefficient (Wildman–Crippen LogP) is 3.21. The lowest BCUT2D eigenvalue weighted by Crippen LogP contribution is -2.51. The third kappa shape index (κ3) is 5.88. The molecule has 2 rings (SSSR count). The fraction of sp³-hybridized carbons (Fsp3) is 0.700. The second-order valence-electron chi connectivity index (χ2n) is 8.40. The number of nitrogens with zero attached hydrogens (tertiary/aromatic N) is 3. The number of esters is 2. The van der Waals surface area contributed by atoms with Gasteiger partial charge < -0.3 is 18.9 Å². The number of carbonyl (C=O) groups excluding carboxylic acids is 3. The van der Waals surface area contributed by atoms with Crippen LogP contribution in [0.4, 0.5) is 4.79 Å². The highest BCUT2D eigenvalue weighted by atomic mass is 127. The molecule has 0 radical (unpaired) electrons. The van der Waals surface area contributed by atoms with Crippen molar-refractivity contribution < 1.29 is 33.3 Å². The van der Waals surface area contributed by atoms with Crippen LogP contribution in [0.3, 0.4) is 0 Å². The molecule has 0 spiro atoms. The summed E-state index contributed by atoms with van der Waals surface area (Å²) in [7, 11) is 0. The summed E-state index contributed by atoms with van der Waals surface area (Å²) in [5.74, 6) is -1.35. The third-order valence-corrected chi connectivity index (χ3v) is 5.16. The Balaban J connectivity index is 2.44. The number of carbonyl (C=O) groups is 3. The molecule has 2 heterocycles. The van der Waals surface area contributed by atoms with E-state index in [0.717, 1.165) is 0 Å². The molecule has 0 bridgehead atoms. The maximum atomic E-state index is 12.9. The fourth-order valence-electron chi connectivity index (χ4n) is 3.25. The van der Waals surface area contributed by atoms with E-state index in [1.54, 1.807) is 48.5 Å². The Morgan fingerprint density at radius 2 is 1.74 bits per heavy atom. The van der Waals surface area contributed by atoms with Gasteiger partial charge in [0.05, 0.1) is 32.4 Å². The molecule has 1 unspecified atom stereocenters. The molecule has 1 aromatic rings. The Bertz CT molecular complexity index is 845. The molecular weight excluding hydrogens is 521 g/mol. The average molecular weight is 551 g/mol. The third-order valence-electron chi connectivity index (χ3n) is 4.41. The van der Waals surface area contributed by atoms with Crippen LogP contribution < -0.4 is 0 Å². The van der Waals surface area contributed by atoms with Crippen LogP contribution in [0, 0.1) is 3.70 Å². The molecule has 0 saturated carbocycles. The summed E-state index contributed by atoms with van der Waals surface area (Å²) in [5, 5.41) is 4.36. The first-order valence-electron chi connectivity index (χ1n) is 10.1. The zero-order valence-electron chi connectivity index (χ0n) is 19.0. The van der Waals surface area contributed by atoms with Crippen molar-refractivity contribution in [3.05, 3.63) is 15.0 Å². The largest absolute Gasteiger partial charge is 0.462 e. The summed E-state index contributed by atoms with van der Waals surface area (Å²) in [5.41, 5.74) is -1.57. The maximum Gasteiger partial charge on any atom is 0.412 e. The van der Waals surface area contributed by atoms with Gasteiger partial charge in [-0.1, -0.05) is 0 Å². The Morgan fingerprint density at radius 3 is 2.29 bits per heavy atom. The van der Waals surface area contributed by atoms with E-state index < -0.39 is 35.4 Å². The van der Waals surface area contributed by atoms with Crippen molar-refractivity contribution in [3.63, 3.8) is 0 Å². The van der Waals surface area contributed by atoms with Gasteiger partial charge in [-0.3, -0.25) is 9.58 Å². The van der Waals surface area contributed by atoms with Crippen LogP contribution in [-0.2, 0) is 25.5 Å². The van der Waals surface area contributed by atoms with Crippen molar-refractivity contribution in [2.24, 2.45) is 0 Å². The van der Waals surface area contributed by atoms with Gasteiger partial charge in [0.25, 0.3) is 0 Å². The number of halogens is 1. The first-order valence-corrected chi connectivity index (χ1v) is 11.2. The summed E-state index contributed by atoms with van der Waals surface area (Å²) < 4.78 is 23.3. The minimum atomic E-state index is -0.915. The molecule has 1 aliphatic heterocycles. The highest BCUT2D eigenvalue weighted by Crippen LogP contribution is 2.31. The van der Waals surface area contributed by atoms with Gasteiger partial charge in [-0.15, -0.1) is 0 Å².